The summed E-state index contributed by atoms with van der Waals surface area (Å²) in [6, 6.07) is 0. The number of hydrogen-bond donors (Lipinski definition) is 0. The van der Waals surface area contributed by atoms with Gasteiger partial charge in [-0.2, -0.15) is 13.2 Å². The van der Waals surface area contributed by atoms with Crippen LogP contribution in [0.15, 0.2) is 0 Å². The first kappa shape index (κ1) is 10.8. The van der Waals surface area contributed by atoms with Crippen LogP contribution in [-0.4, -0.2) is 43.9 Å². The van der Waals surface area contributed by atoms with Crippen LogP contribution in [0.5, 0.6) is 0 Å². The van der Waals surface area contributed by atoms with Crippen molar-refractivity contribution in [3.05, 3.63) is 0 Å². The largest absolute Gasteiger partial charge is 0.595 e. The highest BCUT2D eigenvalue weighted by Crippen LogP contribution is 2.33. The zero-order valence-electron chi connectivity index (χ0n) is 8.00. The van der Waals surface area contributed by atoms with Gasteiger partial charge < -0.3 is 14.1 Å². The molecular formula is C7H9BF3NO3. The SMILES string of the molecule is CC12COB(OC1)N(C(=O)C(F)(F)F)C2. The molecule has 0 saturated carbocycles. The van der Waals surface area contributed by atoms with Crippen LogP contribution in [0.2, 0.25) is 0 Å². The molecule has 2 bridgehead atoms. The van der Waals surface area contributed by atoms with Crippen molar-refractivity contribution in [1.29, 1.82) is 0 Å². The summed E-state index contributed by atoms with van der Waals surface area (Å²) in [6.45, 7) is 2.38. The predicted molar refractivity (Wildman–Crippen MR) is 43.5 cm³/mol. The van der Waals surface area contributed by atoms with Crippen LogP contribution in [0, 0.1) is 5.41 Å². The van der Waals surface area contributed by atoms with E-state index >= 15 is 0 Å². The Balaban J connectivity index is 2.15. The zero-order chi connectivity index (χ0) is 11.3. The quantitative estimate of drug-likeness (QED) is 0.559. The third kappa shape index (κ3) is 1.83. The third-order valence-corrected chi connectivity index (χ3v) is 2.46. The fraction of sp³-hybridized carbons (Fsp3) is 0.857. The molecule has 0 spiro atoms. The van der Waals surface area contributed by atoms with E-state index in [0.717, 1.165) is 0 Å². The number of fused-ring (bicyclic) bond motifs is 3. The van der Waals surface area contributed by atoms with Gasteiger partial charge in [-0.25, -0.2) is 0 Å². The minimum absolute atomic E-state index is 0.0238. The highest BCUT2D eigenvalue weighted by atomic mass is 19.4. The molecular weight excluding hydrogens is 214 g/mol. The molecule has 0 aromatic rings. The molecule has 0 aliphatic carbocycles. The monoisotopic (exact) mass is 223 g/mol. The Morgan fingerprint density at radius 3 is 2.33 bits per heavy atom. The molecule has 0 unspecified atom stereocenters. The van der Waals surface area contributed by atoms with Gasteiger partial charge in [-0.15, -0.1) is 0 Å². The van der Waals surface area contributed by atoms with Gasteiger partial charge in [0.2, 0.25) is 0 Å². The minimum Gasteiger partial charge on any atom is -0.391 e. The lowest BCUT2D eigenvalue weighted by Gasteiger charge is -2.47. The van der Waals surface area contributed by atoms with Gasteiger partial charge in [-0.3, -0.25) is 4.79 Å². The first-order valence-electron chi connectivity index (χ1n) is 4.43. The summed E-state index contributed by atoms with van der Waals surface area (Å²) < 4.78 is 46.5. The maximum absolute atomic E-state index is 12.2. The fourth-order valence-electron chi connectivity index (χ4n) is 1.72. The fourth-order valence-corrected chi connectivity index (χ4v) is 1.72. The average Bonchev–Trinajstić information content (AvgIpc) is 2.15. The van der Waals surface area contributed by atoms with Gasteiger partial charge in [0.15, 0.2) is 0 Å². The van der Waals surface area contributed by atoms with E-state index in [1.807, 2.05) is 0 Å². The summed E-state index contributed by atoms with van der Waals surface area (Å²) in [5.74, 6) is -1.90. The molecule has 0 radical (unpaired) electrons. The average molecular weight is 223 g/mol. The first-order chi connectivity index (χ1) is 6.82. The summed E-state index contributed by atoms with van der Waals surface area (Å²) >= 11 is 0. The number of amides is 1. The molecule has 3 rings (SSSR count). The van der Waals surface area contributed by atoms with Gasteiger partial charge in [-0.05, 0) is 0 Å². The standard InChI is InChI=1S/C7H9BF3NO3/c1-6-2-12(5(13)7(9,10)11)8(14-3-6)15-4-6/h2-4H2,1H3. The van der Waals surface area contributed by atoms with E-state index in [0.29, 0.717) is 18.0 Å². The Morgan fingerprint density at radius 1 is 1.40 bits per heavy atom. The second-order valence-electron chi connectivity index (χ2n) is 4.17. The normalized spacial score (nSPS) is 24.5. The van der Waals surface area contributed by atoms with Crippen molar-refractivity contribution in [3.63, 3.8) is 0 Å². The van der Waals surface area contributed by atoms with Crippen molar-refractivity contribution in [3.8, 4) is 0 Å². The smallest absolute Gasteiger partial charge is 0.391 e. The highest BCUT2D eigenvalue weighted by molar-refractivity contribution is 6.46. The molecule has 4 nitrogen and oxygen atoms in total. The molecule has 0 aromatic heterocycles. The number of carbonyl (C=O) groups is 1. The molecule has 0 N–H and O–H groups in total. The second-order valence-corrected chi connectivity index (χ2v) is 4.17. The topological polar surface area (TPSA) is 38.8 Å². The lowest BCUT2D eigenvalue weighted by molar-refractivity contribution is -0.189. The van der Waals surface area contributed by atoms with Crippen molar-refractivity contribution in [2.24, 2.45) is 5.41 Å². The van der Waals surface area contributed by atoms with Crippen LogP contribution in [0.4, 0.5) is 13.2 Å². The van der Waals surface area contributed by atoms with E-state index in [-0.39, 0.29) is 6.54 Å². The first-order valence-corrected chi connectivity index (χ1v) is 4.43. The molecule has 3 aliphatic rings. The van der Waals surface area contributed by atoms with Crippen LogP contribution in [0.3, 0.4) is 0 Å². The van der Waals surface area contributed by atoms with Crippen LogP contribution in [0.1, 0.15) is 6.92 Å². The minimum atomic E-state index is -4.87. The van der Waals surface area contributed by atoms with Crippen molar-refractivity contribution >= 4 is 13.2 Å². The molecule has 3 saturated heterocycles. The molecule has 3 fully saturated rings. The Labute approximate surface area is 84.5 Å². The predicted octanol–water partition coefficient (Wildman–Crippen LogP) is 0.429. The van der Waals surface area contributed by atoms with Gasteiger partial charge in [0.05, 0.1) is 0 Å². The maximum Gasteiger partial charge on any atom is 0.595 e. The Morgan fingerprint density at radius 2 is 1.93 bits per heavy atom. The summed E-state index contributed by atoms with van der Waals surface area (Å²) in [4.78, 5) is 11.6. The number of alkyl halides is 3. The maximum atomic E-state index is 12.2. The van der Waals surface area contributed by atoms with Gasteiger partial charge in [0.1, 0.15) is 0 Å². The lowest BCUT2D eigenvalue weighted by Crippen LogP contribution is -2.66. The van der Waals surface area contributed by atoms with Gasteiger partial charge in [0.25, 0.3) is 0 Å². The van der Waals surface area contributed by atoms with Crippen molar-refractivity contribution in [1.82, 2.24) is 4.81 Å². The molecule has 3 aliphatic heterocycles. The summed E-state index contributed by atoms with van der Waals surface area (Å²) in [5.41, 5.74) is -0.532. The molecule has 8 heteroatoms. The Bertz CT molecular complexity index is 288. The van der Waals surface area contributed by atoms with E-state index in [9.17, 15) is 18.0 Å². The summed E-state index contributed by atoms with van der Waals surface area (Å²) in [5, 5.41) is 0. The van der Waals surface area contributed by atoms with Gasteiger partial charge >= 0.3 is 19.3 Å². The molecule has 0 atom stereocenters. The van der Waals surface area contributed by atoms with Gasteiger partial charge in [-0.1, -0.05) is 6.92 Å². The highest BCUT2D eigenvalue weighted by Gasteiger charge is 2.55. The molecule has 15 heavy (non-hydrogen) atoms. The third-order valence-electron chi connectivity index (χ3n) is 2.46. The van der Waals surface area contributed by atoms with E-state index in [4.69, 9.17) is 9.31 Å². The molecule has 1 amide bonds. The van der Waals surface area contributed by atoms with Crippen molar-refractivity contribution in [2.45, 2.75) is 13.1 Å². The molecule has 84 valence electrons. The number of halogens is 3. The second kappa shape index (κ2) is 3.12. The van der Waals surface area contributed by atoms with Crippen LogP contribution in [0.25, 0.3) is 0 Å². The summed E-state index contributed by atoms with van der Waals surface area (Å²) in [6.07, 6.45) is -4.87. The van der Waals surface area contributed by atoms with E-state index in [1.54, 1.807) is 6.92 Å². The number of carbonyl (C=O) groups excluding carboxylic acids is 1. The number of hydrogen-bond acceptors (Lipinski definition) is 3. The van der Waals surface area contributed by atoms with Crippen LogP contribution < -0.4 is 0 Å². The Kier molecular flexibility index (Phi) is 2.23. The lowest BCUT2D eigenvalue weighted by atomic mass is 9.80. The van der Waals surface area contributed by atoms with E-state index < -0.39 is 24.8 Å². The molecule has 0 aromatic carbocycles. The van der Waals surface area contributed by atoms with Crippen LogP contribution >= 0.6 is 0 Å². The number of nitrogens with zero attached hydrogens (tertiary/aromatic N) is 1. The van der Waals surface area contributed by atoms with Crippen LogP contribution in [-0.2, 0) is 14.1 Å². The molecule has 3 heterocycles. The number of rotatable bonds is 0. The van der Waals surface area contributed by atoms with Gasteiger partial charge in [0, 0.05) is 25.2 Å². The Hall–Kier alpha value is -0.755. The van der Waals surface area contributed by atoms with E-state index in [1.165, 1.54) is 0 Å². The van der Waals surface area contributed by atoms with Crippen molar-refractivity contribution < 1.29 is 27.3 Å². The van der Waals surface area contributed by atoms with Crippen molar-refractivity contribution in [2.75, 3.05) is 19.8 Å². The van der Waals surface area contributed by atoms with E-state index in [2.05, 4.69) is 0 Å². The summed E-state index contributed by atoms with van der Waals surface area (Å²) in [7, 11) is -1.18. The zero-order valence-corrected chi connectivity index (χ0v) is 8.00.